The molecule has 2 aromatic heterocycles. The van der Waals surface area contributed by atoms with Crippen molar-refractivity contribution in [3.63, 3.8) is 0 Å². The molecule has 0 bridgehead atoms. The summed E-state index contributed by atoms with van der Waals surface area (Å²) in [6.45, 7) is 2.89. The highest BCUT2D eigenvalue weighted by atomic mass is 32.1. The number of aromatic nitrogens is 3. The Morgan fingerprint density at radius 2 is 2.15 bits per heavy atom. The Kier molecular flexibility index (Phi) is 3.78. The number of anilines is 1. The second kappa shape index (κ2) is 5.88. The van der Waals surface area contributed by atoms with Crippen molar-refractivity contribution in [3.8, 4) is 0 Å². The first kappa shape index (κ1) is 12.9. The van der Waals surface area contributed by atoms with E-state index in [-0.39, 0.29) is 6.04 Å². The summed E-state index contributed by atoms with van der Waals surface area (Å²) in [6.07, 6.45) is 5.61. The molecule has 3 rings (SSSR count). The first-order chi connectivity index (χ1) is 9.83. The van der Waals surface area contributed by atoms with Crippen molar-refractivity contribution >= 4 is 17.0 Å². The van der Waals surface area contributed by atoms with Crippen LogP contribution in [-0.4, -0.2) is 14.8 Å². The van der Waals surface area contributed by atoms with Gasteiger partial charge in [-0.2, -0.15) is 5.10 Å². The van der Waals surface area contributed by atoms with Gasteiger partial charge in [0.15, 0.2) is 0 Å². The maximum atomic E-state index is 4.36. The molecule has 4 nitrogen and oxygen atoms in total. The molecule has 0 fully saturated rings. The summed E-state index contributed by atoms with van der Waals surface area (Å²) >= 11 is 1.67. The first-order valence-corrected chi connectivity index (χ1v) is 7.42. The highest BCUT2D eigenvalue weighted by Crippen LogP contribution is 2.24. The van der Waals surface area contributed by atoms with Gasteiger partial charge in [0, 0.05) is 29.7 Å². The predicted octanol–water partition coefficient (Wildman–Crippen LogP) is 3.56. The van der Waals surface area contributed by atoms with E-state index >= 15 is 0 Å². The van der Waals surface area contributed by atoms with Crippen molar-refractivity contribution in [2.75, 3.05) is 5.32 Å². The van der Waals surface area contributed by atoms with Gasteiger partial charge in [-0.25, -0.2) is 4.98 Å². The SMILES string of the molecule is CC(Nc1ccccc1Cn1cccn1)c1nccs1. The van der Waals surface area contributed by atoms with Gasteiger partial charge in [0.25, 0.3) is 0 Å². The molecule has 0 aliphatic carbocycles. The van der Waals surface area contributed by atoms with Crippen molar-refractivity contribution in [3.05, 3.63) is 64.9 Å². The van der Waals surface area contributed by atoms with E-state index in [0.717, 1.165) is 17.2 Å². The molecule has 0 aliphatic rings. The van der Waals surface area contributed by atoms with Gasteiger partial charge in [0.1, 0.15) is 5.01 Å². The van der Waals surface area contributed by atoms with Crippen LogP contribution in [0.2, 0.25) is 0 Å². The average Bonchev–Trinajstić information content (AvgIpc) is 3.13. The number of para-hydroxylation sites is 1. The Morgan fingerprint density at radius 1 is 1.25 bits per heavy atom. The van der Waals surface area contributed by atoms with Crippen LogP contribution in [-0.2, 0) is 6.54 Å². The number of hydrogen-bond acceptors (Lipinski definition) is 4. The molecular weight excluding hydrogens is 268 g/mol. The Bertz CT molecular complexity index is 646. The summed E-state index contributed by atoms with van der Waals surface area (Å²) in [7, 11) is 0. The van der Waals surface area contributed by atoms with E-state index in [9.17, 15) is 0 Å². The zero-order valence-corrected chi connectivity index (χ0v) is 12.0. The quantitative estimate of drug-likeness (QED) is 0.779. The van der Waals surface area contributed by atoms with E-state index in [1.54, 1.807) is 17.5 Å². The van der Waals surface area contributed by atoms with Crippen LogP contribution in [0, 0.1) is 0 Å². The highest BCUT2D eigenvalue weighted by molar-refractivity contribution is 7.09. The van der Waals surface area contributed by atoms with Crippen LogP contribution in [0.15, 0.2) is 54.3 Å². The number of benzene rings is 1. The summed E-state index contributed by atoms with van der Waals surface area (Å²) < 4.78 is 1.93. The fraction of sp³-hybridized carbons (Fsp3) is 0.200. The van der Waals surface area contributed by atoms with Gasteiger partial charge in [-0.3, -0.25) is 4.68 Å². The molecule has 102 valence electrons. The van der Waals surface area contributed by atoms with Crippen LogP contribution in [0.1, 0.15) is 23.5 Å². The van der Waals surface area contributed by atoms with Crippen LogP contribution >= 0.6 is 11.3 Å². The minimum absolute atomic E-state index is 0.203. The lowest BCUT2D eigenvalue weighted by atomic mass is 10.1. The monoisotopic (exact) mass is 284 g/mol. The lowest BCUT2D eigenvalue weighted by molar-refractivity contribution is 0.686. The van der Waals surface area contributed by atoms with Crippen molar-refractivity contribution in [1.82, 2.24) is 14.8 Å². The molecule has 2 heterocycles. The molecule has 0 saturated heterocycles. The van der Waals surface area contributed by atoms with Gasteiger partial charge in [-0.05, 0) is 24.6 Å². The minimum atomic E-state index is 0.203. The van der Waals surface area contributed by atoms with Crippen molar-refractivity contribution in [2.45, 2.75) is 19.5 Å². The minimum Gasteiger partial charge on any atom is -0.376 e. The molecule has 0 radical (unpaired) electrons. The van der Waals surface area contributed by atoms with Crippen LogP contribution in [0.4, 0.5) is 5.69 Å². The van der Waals surface area contributed by atoms with Gasteiger partial charge < -0.3 is 5.32 Å². The molecular formula is C15H16N4S. The molecule has 0 aliphatic heterocycles. The Morgan fingerprint density at radius 3 is 2.90 bits per heavy atom. The second-order valence-corrected chi connectivity index (χ2v) is 5.52. The van der Waals surface area contributed by atoms with E-state index in [4.69, 9.17) is 0 Å². The van der Waals surface area contributed by atoms with Gasteiger partial charge in [-0.1, -0.05) is 18.2 Å². The Hall–Kier alpha value is -2.14. The molecule has 20 heavy (non-hydrogen) atoms. The number of nitrogens with one attached hydrogen (secondary N) is 1. The van der Waals surface area contributed by atoms with Crippen LogP contribution in [0.5, 0.6) is 0 Å². The molecule has 5 heteroatoms. The van der Waals surface area contributed by atoms with Crippen molar-refractivity contribution in [1.29, 1.82) is 0 Å². The Balaban J connectivity index is 1.79. The molecule has 0 saturated carbocycles. The topological polar surface area (TPSA) is 42.7 Å². The molecule has 0 spiro atoms. The molecule has 1 aromatic carbocycles. The normalized spacial score (nSPS) is 12.2. The van der Waals surface area contributed by atoms with Crippen LogP contribution in [0.3, 0.4) is 0 Å². The van der Waals surface area contributed by atoms with Crippen LogP contribution < -0.4 is 5.32 Å². The van der Waals surface area contributed by atoms with Crippen molar-refractivity contribution < 1.29 is 0 Å². The maximum absolute atomic E-state index is 4.36. The lowest BCUT2D eigenvalue weighted by Gasteiger charge is -2.16. The van der Waals surface area contributed by atoms with Crippen LogP contribution in [0.25, 0.3) is 0 Å². The van der Waals surface area contributed by atoms with E-state index in [0.29, 0.717) is 0 Å². The fourth-order valence-electron chi connectivity index (χ4n) is 2.11. The first-order valence-electron chi connectivity index (χ1n) is 6.54. The molecule has 1 unspecified atom stereocenters. The zero-order valence-electron chi connectivity index (χ0n) is 11.2. The maximum Gasteiger partial charge on any atom is 0.115 e. The van der Waals surface area contributed by atoms with Gasteiger partial charge in [0.2, 0.25) is 0 Å². The molecule has 1 atom stereocenters. The Labute approximate surface area is 122 Å². The summed E-state index contributed by atoms with van der Waals surface area (Å²) in [4.78, 5) is 4.36. The number of nitrogens with zero attached hydrogens (tertiary/aromatic N) is 3. The van der Waals surface area contributed by atoms with Gasteiger partial charge >= 0.3 is 0 Å². The van der Waals surface area contributed by atoms with Gasteiger partial charge in [0.05, 0.1) is 12.6 Å². The average molecular weight is 284 g/mol. The van der Waals surface area contributed by atoms with Crippen molar-refractivity contribution in [2.24, 2.45) is 0 Å². The van der Waals surface area contributed by atoms with E-state index < -0.39 is 0 Å². The van der Waals surface area contributed by atoms with E-state index in [1.165, 1.54) is 5.56 Å². The second-order valence-electron chi connectivity index (χ2n) is 4.60. The number of thiazole rings is 1. The highest BCUT2D eigenvalue weighted by Gasteiger charge is 2.10. The third kappa shape index (κ3) is 2.88. The summed E-state index contributed by atoms with van der Waals surface area (Å²) in [6, 6.07) is 10.5. The lowest BCUT2D eigenvalue weighted by Crippen LogP contribution is -2.10. The third-order valence-electron chi connectivity index (χ3n) is 3.10. The largest absolute Gasteiger partial charge is 0.376 e. The smallest absolute Gasteiger partial charge is 0.115 e. The van der Waals surface area contributed by atoms with E-state index in [2.05, 4.69) is 40.5 Å². The molecule has 1 N–H and O–H groups in total. The fourth-order valence-corrected chi connectivity index (χ4v) is 2.76. The number of hydrogen-bond donors (Lipinski definition) is 1. The zero-order chi connectivity index (χ0) is 13.8. The summed E-state index contributed by atoms with van der Waals surface area (Å²) in [5.74, 6) is 0. The molecule has 0 amide bonds. The summed E-state index contributed by atoms with van der Waals surface area (Å²) in [5, 5.41) is 10.9. The van der Waals surface area contributed by atoms with Gasteiger partial charge in [-0.15, -0.1) is 11.3 Å². The number of rotatable bonds is 5. The summed E-state index contributed by atoms with van der Waals surface area (Å²) in [5.41, 5.74) is 2.35. The van der Waals surface area contributed by atoms with E-state index in [1.807, 2.05) is 34.6 Å². The predicted molar refractivity (Wildman–Crippen MR) is 81.9 cm³/mol. The standard InChI is InChI=1S/C15H16N4S/c1-12(15-16-8-10-20-15)18-14-6-3-2-5-13(14)11-19-9-4-7-17-19/h2-10,12,18H,11H2,1H3. The third-order valence-corrected chi connectivity index (χ3v) is 4.06. The molecule has 3 aromatic rings.